The first-order chi connectivity index (χ1) is 11.1. The normalized spacial score (nSPS) is 42.5. The monoisotopic (exact) mass is 337 g/mol. The molecule has 2 aliphatic carbocycles. The van der Waals surface area contributed by atoms with Crippen LogP contribution >= 0.6 is 0 Å². The van der Waals surface area contributed by atoms with Gasteiger partial charge in [0.15, 0.2) is 0 Å². The smallest absolute Gasteiger partial charge is 0.223 e. The van der Waals surface area contributed by atoms with Crippen LogP contribution in [0, 0.1) is 22.7 Å². The molecule has 3 fully saturated rings. The molecule has 1 heterocycles. The molecule has 0 radical (unpaired) electrons. The van der Waals surface area contributed by atoms with Crippen LogP contribution in [0.2, 0.25) is 0 Å². The zero-order valence-corrected chi connectivity index (χ0v) is 15.9. The fourth-order valence-electron chi connectivity index (χ4n) is 5.81. The summed E-state index contributed by atoms with van der Waals surface area (Å²) in [6.45, 7) is 11.8. The molecule has 4 atom stereocenters. The molecule has 0 bridgehead atoms. The van der Waals surface area contributed by atoms with E-state index in [0.29, 0.717) is 38.6 Å². The number of carbonyl (C=O) groups is 1. The Balaban J connectivity index is 1.73. The van der Waals surface area contributed by atoms with E-state index >= 15 is 0 Å². The molecule has 0 spiro atoms. The van der Waals surface area contributed by atoms with Gasteiger partial charge in [0.1, 0.15) is 0 Å². The molecule has 0 aromatic carbocycles. The third kappa shape index (κ3) is 3.37. The van der Waals surface area contributed by atoms with Crippen LogP contribution in [0.25, 0.3) is 0 Å². The van der Waals surface area contributed by atoms with E-state index in [1.54, 1.807) is 0 Å². The molecule has 0 aromatic rings. The highest BCUT2D eigenvalue weighted by Crippen LogP contribution is 2.61. The number of hydrogen-bond acceptors (Lipinski definition) is 3. The van der Waals surface area contributed by atoms with Gasteiger partial charge >= 0.3 is 0 Å². The average Bonchev–Trinajstić information content (AvgIpc) is 2.50. The Morgan fingerprint density at radius 2 is 1.79 bits per heavy atom. The highest BCUT2D eigenvalue weighted by Gasteiger charge is 2.55. The van der Waals surface area contributed by atoms with Crippen LogP contribution in [-0.4, -0.2) is 47.8 Å². The second-order valence-corrected chi connectivity index (χ2v) is 9.71. The van der Waals surface area contributed by atoms with E-state index < -0.39 is 5.60 Å². The van der Waals surface area contributed by atoms with Gasteiger partial charge in [-0.1, -0.05) is 27.2 Å². The van der Waals surface area contributed by atoms with E-state index in [4.69, 9.17) is 4.74 Å². The Bertz CT molecular complexity index is 481. The molecule has 24 heavy (non-hydrogen) atoms. The molecule has 0 aromatic heterocycles. The number of nitrogens with zero attached hydrogens (tertiary/aromatic N) is 1. The molecule has 3 rings (SSSR count). The summed E-state index contributed by atoms with van der Waals surface area (Å²) in [4.78, 5) is 14.6. The molecule has 1 amide bonds. The van der Waals surface area contributed by atoms with Crippen molar-refractivity contribution in [3.05, 3.63) is 0 Å². The number of carbonyl (C=O) groups excluding carboxylic acids is 1. The third-order valence-electron chi connectivity index (χ3n) is 7.35. The van der Waals surface area contributed by atoms with Gasteiger partial charge in [-0.2, -0.15) is 0 Å². The molecule has 1 saturated heterocycles. The fourth-order valence-corrected chi connectivity index (χ4v) is 5.81. The summed E-state index contributed by atoms with van der Waals surface area (Å²) in [5.74, 6) is 0.812. The van der Waals surface area contributed by atoms with Crippen LogP contribution in [0.5, 0.6) is 0 Å². The minimum absolute atomic E-state index is 0.0722. The van der Waals surface area contributed by atoms with Crippen LogP contribution in [0.15, 0.2) is 0 Å². The maximum Gasteiger partial charge on any atom is 0.223 e. The number of fused-ring (bicyclic) bond motifs is 1. The Morgan fingerprint density at radius 3 is 2.46 bits per heavy atom. The van der Waals surface area contributed by atoms with Gasteiger partial charge in [-0.3, -0.25) is 4.79 Å². The highest BCUT2D eigenvalue weighted by molar-refractivity contribution is 5.76. The van der Waals surface area contributed by atoms with Gasteiger partial charge in [0.25, 0.3) is 0 Å². The lowest BCUT2D eigenvalue weighted by atomic mass is 9.47. The van der Waals surface area contributed by atoms with E-state index in [1.807, 2.05) is 11.8 Å². The first kappa shape index (κ1) is 18.2. The van der Waals surface area contributed by atoms with E-state index in [0.717, 1.165) is 12.8 Å². The Morgan fingerprint density at radius 1 is 1.12 bits per heavy atom. The number of hydrogen-bond donors (Lipinski definition) is 1. The zero-order valence-electron chi connectivity index (χ0n) is 15.9. The lowest BCUT2D eigenvalue weighted by molar-refractivity contribution is -0.160. The molecule has 3 aliphatic rings. The van der Waals surface area contributed by atoms with Gasteiger partial charge in [-0.25, -0.2) is 0 Å². The predicted octanol–water partition coefficient (Wildman–Crippen LogP) is 3.23. The van der Waals surface area contributed by atoms with Crippen molar-refractivity contribution in [3.8, 4) is 0 Å². The minimum Gasteiger partial charge on any atom is -0.390 e. The summed E-state index contributed by atoms with van der Waals surface area (Å²) >= 11 is 0. The Labute approximate surface area is 146 Å². The fraction of sp³-hybridized carbons (Fsp3) is 0.950. The van der Waals surface area contributed by atoms with E-state index in [2.05, 4.69) is 20.8 Å². The van der Waals surface area contributed by atoms with Crippen molar-refractivity contribution >= 4 is 5.91 Å². The summed E-state index contributed by atoms with van der Waals surface area (Å²) in [7, 11) is 0. The maximum atomic E-state index is 12.7. The minimum atomic E-state index is -0.735. The van der Waals surface area contributed by atoms with Crippen LogP contribution in [-0.2, 0) is 9.53 Å². The summed E-state index contributed by atoms with van der Waals surface area (Å²) in [6.07, 6.45) is 6.05. The molecular weight excluding hydrogens is 302 g/mol. The molecular formula is C20H35NO3. The number of aliphatic hydroxyl groups is 1. The van der Waals surface area contributed by atoms with E-state index in [9.17, 15) is 9.90 Å². The second kappa shape index (κ2) is 6.28. The molecule has 2 saturated carbocycles. The lowest BCUT2D eigenvalue weighted by Gasteiger charge is -2.59. The van der Waals surface area contributed by atoms with Crippen LogP contribution in [0.1, 0.15) is 66.2 Å². The molecule has 4 heteroatoms. The Kier molecular flexibility index (Phi) is 4.76. The van der Waals surface area contributed by atoms with Gasteiger partial charge in [-0.05, 0) is 55.3 Å². The quantitative estimate of drug-likeness (QED) is 0.841. The molecule has 4 nitrogen and oxygen atoms in total. The third-order valence-corrected chi connectivity index (χ3v) is 7.35. The molecule has 1 N–H and O–H groups in total. The van der Waals surface area contributed by atoms with Crippen molar-refractivity contribution in [3.63, 3.8) is 0 Å². The Hall–Kier alpha value is -0.610. The van der Waals surface area contributed by atoms with Gasteiger partial charge in [0, 0.05) is 19.5 Å². The number of morpholine rings is 1. The first-order valence-electron chi connectivity index (χ1n) is 9.72. The molecule has 1 aliphatic heterocycles. The van der Waals surface area contributed by atoms with Gasteiger partial charge in [-0.15, -0.1) is 0 Å². The van der Waals surface area contributed by atoms with Crippen molar-refractivity contribution in [1.29, 1.82) is 0 Å². The SMILES string of the molecule is CC1(C)CCC[C@]2(C)C[C@H](CC(=O)N3CCOCC3)[C@](C)(O)C[C@H]12. The van der Waals surface area contributed by atoms with Crippen molar-refractivity contribution < 1.29 is 14.6 Å². The zero-order chi connectivity index (χ0) is 17.6. The summed E-state index contributed by atoms with van der Waals surface area (Å²) in [5, 5.41) is 11.2. The van der Waals surface area contributed by atoms with E-state index in [1.165, 1.54) is 19.3 Å². The van der Waals surface area contributed by atoms with Crippen molar-refractivity contribution in [2.24, 2.45) is 22.7 Å². The standard InChI is InChI=1S/C20H35NO3/c1-18(2)6-5-7-19(3)13-15(20(4,23)14-16(18)19)12-17(22)21-8-10-24-11-9-21/h15-16,23H,5-14H2,1-4H3/t15-,16+,19+,20+/m0/s1. The van der Waals surface area contributed by atoms with Crippen LogP contribution < -0.4 is 0 Å². The van der Waals surface area contributed by atoms with Crippen LogP contribution in [0.4, 0.5) is 0 Å². The predicted molar refractivity (Wildman–Crippen MR) is 94.6 cm³/mol. The summed E-state index contributed by atoms with van der Waals surface area (Å²) < 4.78 is 5.35. The summed E-state index contributed by atoms with van der Waals surface area (Å²) in [5.41, 5.74) is -0.184. The van der Waals surface area contributed by atoms with Crippen molar-refractivity contribution in [2.45, 2.75) is 71.8 Å². The van der Waals surface area contributed by atoms with Crippen molar-refractivity contribution in [2.75, 3.05) is 26.3 Å². The first-order valence-corrected chi connectivity index (χ1v) is 9.72. The maximum absolute atomic E-state index is 12.7. The molecule has 138 valence electrons. The molecule has 0 unspecified atom stereocenters. The highest BCUT2D eigenvalue weighted by atomic mass is 16.5. The van der Waals surface area contributed by atoms with Crippen LogP contribution in [0.3, 0.4) is 0 Å². The second-order valence-electron chi connectivity index (χ2n) is 9.71. The van der Waals surface area contributed by atoms with Crippen molar-refractivity contribution in [1.82, 2.24) is 4.90 Å². The van der Waals surface area contributed by atoms with E-state index in [-0.39, 0.29) is 22.7 Å². The number of rotatable bonds is 2. The lowest BCUT2D eigenvalue weighted by Crippen LogP contribution is -2.55. The van der Waals surface area contributed by atoms with Gasteiger partial charge in [0.2, 0.25) is 5.91 Å². The summed E-state index contributed by atoms with van der Waals surface area (Å²) in [6, 6.07) is 0. The average molecular weight is 338 g/mol. The topological polar surface area (TPSA) is 49.8 Å². The van der Waals surface area contributed by atoms with Gasteiger partial charge < -0.3 is 14.7 Å². The largest absolute Gasteiger partial charge is 0.390 e. The van der Waals surface area contributed by atoms with Gasteiger partial charge in [0.05, 0.1) is 18.8 Å². The number of ether oxygens (including phenoxy) is 1. The number of amides is 1.